The number of rotatable bonds is 5. The summed E-state index contributed by atoms with van der Waals surface area (Å²) in [6, 6.07) is -2.92. The first-order valence-electron chi connectivity index (χ1n) is 8.86. The van der Waals surface area contributed by atoms with Crippen LogP contribution in [-0.2, 0) is 0 Å². The molecule has 14 heteroatoms. The predicted molar refractivity (Wildman–Crippen MR) is 88.8 cm³/mol. The van der Waals surface area contributed by atoms with Crippen molar-refractivity contribution in [3.05, 3.63) is 11.7 Å². The van der Waals surface area contributed by atoms with Gasteiger partial charge in [0.25, 0.3) is 11.8 Å². The summed E-state index contributed by atoms with van der Waals surface area (Å²) in [5.41, 5.74) is -0.527. The molecule has 0 amide bonds. The Labute approximate surface area is 164 Å². The molecule has 6 nitrogen and oxygen atoms in total. The second-order valence-corrected chi connectivity index (χ2v) is 7.31. The number of nitrogens with one attached hydrogen (secondary N) is 2. The summed E-state index contributed by atoms with van der Waals surface area (Å²) in [6.07, 6.45) is -10.1. The molecule has 30 heavy (non-hydrogen) atoms. The average Bonchev–Trinajstić information content (AvgIpc) is 2.57. The van der Waals surface area contributed by atoms with Gasteiger partial charge in [-0.2, -0.15) is 28.1 Å². The summed E-state index contributed by atoms with van der Waals surface area (Å²) in [5.74, 6) is -9.93. The minimum atomic E-state index is -4.69. The van der Waals surface area contributed by atoms with Crippen LogP contribution in [0.5, 0.6) is 0 Å². The van der Waals surface area contributed by atoms with Gasteiger partial charge < -0.3 is 15.7 Å². The molecule has 0 aromatic carbocycles. The Balaban J connectivity index is 1.94. The fourth-order valence-electron chi connectivity index (χ4n) is 2.98. The van der Waals surface area contributed by atoms with Gasteiger partial charge in [0.1, 0.15) is 11.9 Å². The van der Waals surface area contributed by atoms with E-state index in [-0.39, 0.29) is 0 Å². The zero-order chi connectivity index (χ0) is 22.5. The average molecular weight is 447 g/mol. The van der Waals surface area contributed by atoms with Crippen LogP contribution in [0.25, 0.3) is 5.57 Å². The van der Waals surface area contributed by atoms with Crippen LogP contribution in [-0.4, -0.2) is 56.3 Å². The number of alkyl halides is 7. The number of allylic oxidation sites excluding steroid dienone is 1. The molecule has 2 atom stereocenters. The molecule has 2 aliphatic rings. The zero-order valence-corrected chi connectivity index (χ0v) is 15.4. The fourth-order valence-corrected chi connectivity index (χ4v) is 2.98. The number of anilines is 2. The van der Waals surface area contributed by atoms with E-state index in [0.29, 0.717) is 0 Å². The Kier molecular flexibility index (Phi) is 5.58. The van der Waals surface area contributed by atoms with Crippen molar-refractivity contribution >= 4 is 17.5 Å². The molecule has 0 spiro atoms. The number of aromatic nitrogens is 3. The molecule has 1 aromatic heterocycles. The Morgan fingerprint density at radius 2 is 1.67 bits per heavy atom. The van der Waals surface area contributed by atoms with Crippen molar-refractivity contribution in [1.82, 2.24) is 15.0 Å². The summed E-state index contributed by atoms with van der Waals surface area (Å²) in [4.78, 5) is 11.1. The van der Waals surface area contributed by atoms with Crippen LogP contribution < -0.4 is 10.6 Å². The van der Waals surface area contributed by atoms with Crippen LogP contribution in [0.1, 0.15) is 38.4 Å². The third-order valence-corrected chi connectivity index (χ3v) is 4.80. The summed E-state index contributed by atoms with van der Waals surface area (Å²) < 4.78 is 106. The second kappa shape index (κ2) is 7.46. The van der Waals surface area contributed by atoms with Gasteiger partial charge in [0.15, 0.2) is 11.9 Å². The van der Waals surface area contributed by atoms with E-state index in [0.717, 1.165) is 6.92 Å². The Bertz CT molecular complexity index is 835. The Morgan fingerprint density at radius 3 is 2.23 bits per heavy atom. The number of aliphatic hydroxyl groups excluding tert-OH is 1. The number of aliphatic hydroxyl groups is 1. The molecule has 3 N–H and O–H groups in total. The quantitative estimate of drug-likeness (QED) is 0.594. The highest BCUT2D eigenvalue weighted by Crippen LogP contribution is 2.42. The van der Waals surface area contributed by atoms with Gasteiger partial charge in [-0.3, -0.25) is 0 Å². The monoisotopic (exact) mass is 447 g/mol. The van der Waals surface area contributed by atoms with Crippen molar-refractivity contribution in [1.29, 1.82) is 0 Å². The van der Waals surface area contributed by atoms with E-state index in [9.17, 15) is 40.2 Å². The van der Waals surface area contributed by atoms with Crippen molar-refractivity contribution in [2.24, 2.45) is 0 Å². The van der Waals surface area contributed by atoms with E-state index in [2.05, 4.69) is 20.3 Å². The molecule has 1 fully saturated rings. The van der Waals surface area contributed by atoms with Crippen LogP contribution in [0, 0.1) is 0 Å². The normalized spacial score (nSPS) is 24.9. The van der Waals surface area contributed by atoms with E-state index in [4.69, 9.17) is 0 Å². The van der Waals surface area contributed by atoms with Crippen molar-refractivity contribution in [2.45, 2.75) is 68.8 Å². The Morgan fingerprint density at radius 1 is 1.07 bits per heavy atom. The van der Waals surface area contributed by atoms with Crippen molar-refractivity contribution in [3.8, 4) is 0 Å². The standard InChI is InChI=1S/C16H17F8N5O/c1-6(16(22,23)24)25-12-27-11(8-2-3-15(20,21)10(30)9(8)17)28-13(29-12)26-7-4-14(18,19)5-7/h6-7,10,30H,2-5H2,1H3,(H2,25,26,27,28,29)/t6-,10?/m0/s1. The maximum absolute atomic E-state index is 14.3. The number of hydrogen-bond acceptors (Lipinski definition) is 6. The fraction of sp³-hybridized carbons (Fsp3) is 0.688. The van der Waals surface area contributed by atoms with Gasteiger partial charge in [0.05, 0.1) is 0 Å². The first-order chi connectivity index (χ1) is 13.7. The van der Waals surface area contributed by atoms with E-state index in [1.807, 2.05) is 5.32 Å². The van der Waals surface area contributed by atoms with Gasteiger partial charge in [0, 0.05) is 30.9 Å². The van der Waals surface area contributed by atoms with E-state index in [1.54, 1.807) is 0 Å². The molecule has 3 rings (SSSR count). The third kappa shape index (κ3) is 4.73. The lowest BCUT2D eigenvalue weighted by atomic mass is 9.88. The summed E-state index contributed by atoms with van der Waals surface area (Å²) in [7, 11) is 0. The predicted octanol–water partition coefficient (Wildman–Crippen LogP) is 3.91. The lowest BCUT2D eigenvalue weighted by Crippen LogP contribution is -2.44. The number of hydrogen-bond donors (Lipinski definition) is 3. The van der Waals surface area contributed by atoms with Crippen molar-refractivity contribution in [3.63, 3.8) is 0 Å². The highest BCUT2D eigenvalue weighted by molar-refractivity contribution is 5.66. The largest absolute Gasteiger partial charge is 0.408 e. The highest BCUT2D eigenvalue weighted by Gasteiger charge is 2.47. The van der Waals surface area contributed by atoms with Crippen molar-refractivity contribution in [2.75, 3.05) is 10.6 Å². The van der Waals surface area contributed by atoms with E-state index in [1.165, 1.54) is 0 Å². The summed E-state index contributed by atoms with van der Waals surface area (Å²) in [5, 5.41) is 13.9. The van der Waals surface area contributed by atoms with Gasteiger partial charge in [-0.25, -0.2) is 22.0 Å². The molecular weight excluding hydrogens is 430 g/mol. The second-order valence-electron chi connectivity index (χ2n) is 7.31. The molecule has 1 aromatic rings. The molecule has 0 aliphatic heterocycles. The maximum atomic E-state index is 14.3. The van der Waals surface area contributed by atoms with Gasteiger partial charge in [-0.15, -0.1) is 0 Å². The van der Waals surface area contributed by atoms with Crippen LogP contribution in [0.3, 0.4) is 0 Å². The summed E-state index contributed by atoms with van der Waals surface area (Å²) in [6.45, 7) is 0.758. The molecule has 0 radical (unpaired) electrons. The van der Waals surface area contributed by atoms with Crippen LogP contribution in [0.15, 0.2) is 5.83 Å². The van der Waals surface area contributed by atoms with Crippen molar-refractivity contribution < 1.29 is 40.2 Å². The van der Waals surface area contributed by atoms with Gasteiger partial charge in [0.2, 0.25) is 11.9 Å². The topological polar surface area (TPSA) is 83.0 Å². The van der Waals surface area contributed by atoms with Crippen LogP contribution >= 0.6 is 0 Å². The molecule has 0 saturated heterocycles. The smallest absolute Gasteiger partial charge is 0.380 e. The highest BCUT2D eigenvalue weighted by atomic mass is 19.4. The van der Waals surface area contributed by atoms with Crippen LogP contribution in [0.4, 0.5) is 47.0 Å². The molecule has 2 aliphatic carbocycles. The molecule has 0 bridgehead atoms. The van der Waals surface area contributed by atoms with Gasteiger partial charge in [-0.1, -0.05) is 0 Å². The minimum Gasteiger partial charge on any atom is -0.380 e. The molecule has 1 heterocycles. The number of halogens is 8. The molecular formula is C16H17F8N5O. The van der Waals surface area contributed by atoms with E-state index >= 15 is 0 Å². The minimum absolute atomic E-state index is 0.426. The lowest BCUT2D eigenvalue weighted by Gasteiger charge is -2.35. The van der Waals surface area contributed by atoms with E-state index < -0.39 is 91.0 Å². The molecule has 1 unspecified atom stereocenters. The molecule has 168 valence electrons. The zero-order valence-electron chi connectivity index (χ0n) is 15.4. The van der Waals surface area contributed by atoms with Crippen LogP contribution in [0.2, 0.25) is 0 Å². The third-order valence-electron chi connectivity index (χ3n) is 4.80. The Hall–Kier alpha value is -2.25. The SMILES string of the molecule is C[C@H](Nc1nc(NC2CC(F)(F)C2)nc(C2=C(F)C(O)C(F)(F)CC2)n1)C(F)(F)F. The number of nitrogens with zero attached hydrogens (tertiary/aromatic N) is 3. The maximum Gasteiger partial charge on any atom is 0.408 e. The van der Waals surface area contributed by atoms with Gasteiger partial charge in [-0.05, 0) is 13.3 Å². The first kappa shape index (κ1) is 22.4. The summed E-state index contributed by atoms with van der Waals surface area (Å²) >= 11 is 0. The molecule has 1 saturated carbocycles. The van der Waals surface area contributed by atoms with Gasteiger partial charge >= 0.3 is 6.18 Å². The lowest BCUT2D eigenvalue weighted by molar-refractivity contribution is -0.138. The first-order valence-corrected chi connectivity index (χ1v) is 8.86.